The highest BCUT2D eigenvalue weighted by Gasteiger charge is 2.45. The summed E-state index contributed by atoms with van der Waals surface area (Å²) in [5.74, 6) is 1.57. The van der Waals surface area contributed by atoms with Crippen LogP contribution in [-0.2, 0) is 10.5 Å². The average Bonchev–Trinajstić information content (AvgIpc) is 3.08. The molecule has 1 unspecified atom stereocenters. The van der Waals surface area contributed by atoms with Gasteiger partial charge >= 0.3 is 0 Å². The van der Waals surface area contributed by atoms with Crippen molar-refractivity contribution in [2.75, 3.05) is 56.7 Å². The zero-order valence-electron chi connectivity index (χ0n) is 15.3. The van der Waals surface area contributed by atoms with Gasteiger partial charge in [0, 0.05) is 44.0 Å². The Morgan fingerprint density at radius 2 is 2.00 bits per heavy atom. The summed E-state index contributed by atoms with van der Waals surface area (Å²) >= 11 is 0. The molecule has 1 saturated heterocycles. The number of hydrogen-bond acceptors (Lipinski definition) is 7. The van der Waals surface area contributed by atoms with E-state index in [2.05, 4.69) is 56.3 Å². The van der Waals surface area contributed by atoms with Gasteiger partial charge in [-0.25, -0.2) is 9.97 Å². The van der Waals surface area contributed by atoms with Crippen LogP contribution in [-0.4, -0.2) is 61.3 Å². The molecule has 0 spiro atoms. The summed E-state index contributed by atoms with van der Waals surface area (Å²) in [7, 11) is 1.66. The lowest BCUT2D eigenvalue weighted by Crippen LogP contribution is -2.58. The van der Waals surface area contributed by atoms with Gasteiger partial charge in [-0.3, -0.25) is 4.90 Å². The maximum atomic E-state index is 6.34. The van der Waals surface area contributed by atoms with Crippen molar-refractivity contribution in [2.45, 2.75) is 12.6 Å². The molecule has 7 nitrogen and oxygen atoms in total. The molecule has 0 amide bonds. The van der Waals surface area contributed by atoms with Crippen molar-refractivity contribution in [3.8, 4) is 5.75 Å². The molecule has 1 aromatic heterocycles. The number of benzene rings is 1. The number of ether oxygens (including phenoxy) is 2. The van der Waals surface area contributed by atoms with Gasteiger partial charge in [-0.15, -0.1) is 0 Å². The highest BCUT2D eigenvalue weighted by atomic mass is 16.5. The lowest BCUT2D eigenvalue weighted by molar-refractivity contribution is -0.149. The van der Waals surface area contributed by atoms with Crippen LogP contribution in [0, 0.1) is 0 Å². The molecule has 1 N–H and O–H groups in total. The minimum atomic E-state index is -0.396. The first kappa shape index (κ1) is 17.1. The SMILES string of the molecule is CCOC1(N2CCN(c3ncncc3OC)CC2)CNc2ccccc21. The number of rotatable bonds is 5. The van der Waals surface area contributed by atoms with Crippen LogP contribution in [0.1, 0.15) is 12.5 Å². The summed E-state index contributed by atoms with van der Waals surface area (Å²) in [4.78, 5) is 13.2. The van der Waals surface area contributed by atoms with E-state index in [4.69, 9.17) is 9.47 Å². The Kier molecular flexibility index (Phi) is 4.65. The summed E-state index contributed by atoms with van der Waals surface area (Å²) in [5.41, 5.74) is 2.00. The molecule has 0 radical (unpaired) electrons. The predicted octanol–water partition coefficient (Wildman–Crippen LogP) is 1.92. The van der Waals surface area contributed by atoms with Gasteiger partial charge in [0.15, 0.2) is 17.3 Å². The number of para-hydroxylation sites is 1. The van der Waals surface area contributed by atoms with Crippen LogP contribution in [0.3, 0.4) is 0 Å². The summed E-state index contributed by atoms with van der Waals surface area (Å²) in [6.45, 7) is 7.03. The Balaban J connectivity index is 1.55. The van der Waals surface area contributed by atoms with Gasteiger partial charge in [0.2, 0.25) is 0 Å². The molecule has 7 heteroatoms. The minimum Gasteiger partial charge on any atom is -0.491 e. The number of piperazine rings is 1. The van der Waals surface area contributed by atoms with Gasteiger partial charge in [0.25, 0.3) is 0 Å². The first-order chi connectivity index (χ1) is 12.8. The molecule has 2 aliphatic heterocycles. The molecular formula is C19H25N5O2. The van der Waals surface area contributed by atoms with E-state index < -0.39 is 5.72 Å². The summed E-state index contributed by atoms with van der Waals surface area (Å²) < 4.78 is 11.8. The van der Waals surface area contributed by atoms with Crippen molar-refractivity contribution >= 4 is 11.5 Å². The molecule has 2 aliphatic rings. The largest absolute Gasteiger partial charge is 0.491 e. The minimum absolute atomic E-state index is 0.396. The Hall–Kier alpha value is -2.38. The molecule has 3 heterocycles. The van der Waals surface area contributed by atoms with E-state index in [0.717, 1.165) is 38.5 Å². The van der Waals surface area contributed by atoms with Crippen molar-refractivity contribution < 1.29 is 9.47 Å². The van der Waals surface area contributed by atoms with Gasteiger partial charge in [0.1, 0.15) is 6.33 Å². The van der Waals surface area contributed by atoms with Crippen LogP contribution in [0.5, 0.6) is 5.75 Å². The van der Waals surface area contributed by atoms with Crippen LogP contribution in [0.15, 0.2) is 36.8 Å². The second-order valence-corrected chi connectivity index (χ2v) is 6.51. The second-order valence-electron chi connectivity index (χ2n) is 6.51. The van der Waals surface area contributed by atoms with Gasteiger partial charge in [0.05, 0.1) is 19.9 Å². The number of anilines is 2. The van der Waals surface area contributed by atoms with Crippen molar-refractivity contribution in [3.05, 3.63) is 42.4 Å². The Morgan fingerprint density at radius 1 is 1.19 bits per heavy atom. The summed E-state index contributed by atoms with van der Waals surface area (Å²) in [6.07, 6.45) is 3.29. The Labute approximate surface area is 153 Å². The molecule has 26 heavy (non-hydrogen) atoms. The molecular weight excluding hydrogens is 330 g/mol. The van der Waals surface area contributed by atoms with Gasteiger partial charge in [-0.05, 0) is 13.0 Å². The third-order valence-corrected chi connectivity index (χ3v) is 5.22. The smallest absolute Gasteiger partial charge is 0.179 e. The molecule has 1 fully saturated rings. The fraction of sp³-hybridized carbons (Fsp3) is 0.474. The molecule has 1 atom stereocenters. The molecule has 2 aromatic rings. The highest BCUT2D eigenvalue weighted by molar-refractivity contribution is 5.59. The number of nitrogens with one attached hydrogen (secondary N) is 1. The van der Waals surface area contributed by atoms with Crippen LogP contribution < -0.4 is 15.0 Å². The zero-order valence-corrected chi connectivity index (χ0v) is 15.3. The normalized spacial score (nSPS) is 22.8. The van der Waals surface area contributed by atoms with Gasteiger partial charge < -0.3 is 19.7 Å². The Bertz CT molecular complexity index is 759. The molecule has 0 aliphatic carbocycles. The van der Waals surface area contributed by atoms with Gasteiger partial charge in [-0.1, -0.05) is 18.2 Å². The predicted molar refractivity (Wildman–Crippen MR) is 101 cm³/mol. The number of aromatic nitrogens is 2. The molecule has 0 saturated carbocycles. The molecule has 0 bridgehead atoms. The maximum absolute atomic E-state index is 6.34. The number of hydrogen-bond donors (Lipinski definition) is 1. The standard InChI is InChI=1S/C19H25N5O2/c1-3-26-19(13-21-16-7-5-4-6-15(16)19)24-10-8-23(9-11-24)18-17(25-2)12-20-14-22-18/h4-7,12,14,21H,3,8-11,13H2,1-2H3. The Morgan fingerprint density at radius 3 is 2.77 bits per heavy atom. The van der Waals surface area contributed by atoms with Crippen LogP contribution in [0.25, 0.3) is 0 Å². The van der Waals surface area contributed by atoms with E-state index in [-0.39, 0.29) is 0 Å². The maximum Gasteiger partial charge on any atom is 0.179 e. The highest BCUT2D eigenvalue weighted by Crippen LogP contribution is 2.41. The van der Waals surface area contributed by atoms with E-state index in [0.29, 0.717) is 12.4 Å². The van der Waals surface area contributed by atoms with Crippen molar-refractivity contribution in [1.29, 1.82) is 0 Å². The fourth-order valence-corrected chi connectivity index (χ4v) is 4.00. The van der Waals surface area contributed by atoms with E-state index in [1.165, 1.54) is 11.3 Å². The van der Waals surface area contributed by atoms with Crippen molar-refractivity contribution in [3.63, 3.8) is 0 Å². The fourth-order valence-electron chi connectivity index (χ4n) is 4.00. The quantitative estimate of drug-likeness (QED) is 0.879. The van der Waals surface area contributed by atoms with Crippen LogP contribution in [0.4, 0.5) is 11.5 Å². The first-order valence-electron chi connectivity index (χ1n) is 9.10. The lowest BCUT2D eigenvalue weighted by atomic mass is 10.0. The zero-order chi connectivity index (χ0) is 18.0. The molecule has 138 valence electrons. The van der Waals surface area contributed by atoms with E-state index in [9.17, 15) is 0 Å². The molecule has 4 rings (SSSR count). The summed E-state index contributed by atoms with van der Waals surface area (Å²) in [5, 5.41) is 3.51. The van der Waals surface area contributed by atoms with Crippen molar-refractivity contribution in [1.82, 2.24) is 14.9 Å². The third-order valence-electron chi connectivity index (χ3n) is 5.22. The lowest BCUT2D eigenvalue weighted by Gasteiger charge is -2.45. The number of methoxy groups -OCH3 is 1. The van der Waals surface area contributed by atoms with E-state index in [1.807, 2.05) is 0 Å². The van der Waals surface area contributed by atoms with E-state index in [1.54, 1.807) is 19.6 Å². The number of fused-ring (bicyclic) bond motifs is 1. The van der Waals surface area contributed by atoms with E-state index >= 15 is 0 Å². The average molecular weight is 355 g/mol. The number of nitrogens with zero attached hydrogens (tertiary/aromatic N) is 4. The van der Waals surface area contributed by atoms with Crippen molar-refractivity contribution in [2.24, 2.45) is 0 Å². The van der Waals surface area contributed by atoms with Gasteiger partial charge in [-0.2, -0.15) is 0 Å². The second kappa shape index (κ2) is 7.09. The topological polar surface area (TPSA) is 62.8 Å². The monoisotopic (exact) mass is 355 g/mol. The summed E-state index contributed by atoms with van der Waals surface area (Å²) in [6, 6.07) is 8.44. The van der Waals surface area contributed by atoms with Crippen LogP contribution >= 0.6 is 0 Å². The first-order valence-corrected chi connectivity index (χ1v) is 9.10. The van der Waals surface area contributed by atoms with Crippen LogP contribution in [0.2, 0.25) is 0 Å². The third kappa shape index (κ3) is 2.77. The molecule has 1 aromatic carbocycles.